The van der Waals surface area contributed by atoms with Crippen molar-refractivity contribution >= 4 is 33.0 Å². The van der Waals surface area contributed by atoms with E-state index >= 15 is 0 Å². The van der Waals surface area contributed by atoms with Gasteiger partial charge >= 0.3 is 0 Å². The second-order valence-corrected chi connectivity index (χ2v) is 15.5. The van der Waals surface area contributed by atoms with Crippen LogP contribution in [0, 0.1) is 5.92 Å². The number of halogens is 1. The van der Waals surface area contributed by atoms with Gasteiger partial charge in [-0.15, -0.1) is 0 Å². The molecule has 4 atom stereocenters. The van der Waals surface area contributed by atoms with Crippen molar-refractivity contribution in [3.8, 4) is 11.5 Å². The first-order valence-corrected chi connectivity index (χ1v) is 16.9. The lowest BCUT2D eigenvalue weighted by Crippen LogP contribution is -2.42. The van der Waals surface area contributed by atoms with Crippen molar-refractivity contribution in [2.75, 3.05) is 12.0 Å². The van der Waals surface area contributed by atoms with Crippen LogP contribution in [0.25, 0.3) is 0 Å². The summed E-state index contributed by atoms with van der Waals surface area (Å²) in [6.45, 7) is 5.70. The number of benzene rings is 3. The normalized spacial score (nSPS) is 25.7. The number of anilines is 1. The summed E-state index contributed by atoms with van der Waals surface area (Å²) in [6.07, 6.45) is 2.42. The summed E-state index contributed by atoms with van der Waals surface area (Å²) in [4.78, 5) is 15.7. The second kappa shape index (κ2) is 11.1. The van der Waals surface area contributed by atoms with E-state index in [4.69, 9.17) is 21.1 Å². The lowest BCUT2D eigenvalue weighted by molar-refractivity contribution is -0.118. The Balaban J connectivity index is 1.38. The summed E-state index contributed by atoms with van der Waals surface area (Å²) >= 11 is 6.24. The molecule has 1 N–H and O–H groups in total. The molecule has 0 aliphatic carbocycles. The minimum atomic E-state index is -3.09. The molecule has 0 spiro atoms. The van der Waals surface area contributed by atoms with Crippen LogP contribution in [0.1, 0.15) is 74.8 Å². The summed E-state index contributed by atoms with van der Waals surface area (Å²) in [7, 11) is -1.49. The Morgan fingerprint density at radius 3 is 2.19 bits per heavy atom. The number of aliphatic hydroxyl groups is 1. The zero-order chi connectivity index (χ0) is 30.7. The number of nitrogens with zero attached hydrogens (tertiary/aromatic N) is 1. The predicted molar refractivity (Wildman–Crippen MR) is 168 cm³/mol. The van der Waals surface area contributed by atoms with Crippen molar-refractivity contribution in [1.82, 2.24) is 0 Å². The van der Waals surface area contributed by atoms with Gasteiger partial charge in [-0.05, 0) is 111 Å². The van der Waals surface area contributed by atoms with Gasteiger partial charge in [-0.25, -0.2) is 8.42 Å². The molecule has 6 rings (SSSR count). The van der Waals surface area contributed by atoms with Crippen LogP contribution in [0.4, 0.5) is 5.69 Å². The van der Waals surface area contributed by atoms with E-state index in [0.717, 1.165) is 16.7 Å². The van der Waals surface area contributed by atoms with E-state index in [1.807, 2.05) is 74.5 Å². The quantitative estimate of drug-likeness (QED) is 0.328. The van der Waals surface area contributed by atoms with Gasteiger partial charge in [0, 0.05) is 10.7 Å². The molecule has 2 unspecified atom stereocenters. The lowest BCUT2D eigenvalue weighted by atomic mass is 9.78. The van der Waals surface area contributed by atoms with Gasteiger partial charge in [0.1, 0.15) is 0 Å². The smallest absolute Gasteiger partial charge is 0.232 e. The number of fused-ring (bicyclic) bond motifs is 3. The van der Waals surface area contributed by atoms with Crippen molar-refractivity contribution in [2.24, 2.45) is 5.92 Å². The summed E-state index contributed by atoms with van der Waals surface area (Å²) in [5, 5.41) is 11.6. The molecule has 43 heavy (non-hydrogen) atoms. The van der Waals surface area contributed by atoms with Crippen LogP contribution < -0.4 is 14.4 Å². The Kier molecular flexibility index (Phi) is 7.76. The van der Waals surface area contributed by atoms with E-state index in [1.165, 1.54) is 0 Å². The molecular formula is C34H38ClNO6S. The zero-order valence-corrected chi connectivity index (χ0v) is 26.5. The van der Waals surface area contributed by atoms with Gasteiger partial charge in [0.25, 0.3) is 0 Å². The predicted octanol–water partition coefficient (Wildman–Crippen LogP) is 6.38. The van der Waals surface area contributed by atoms with E-state index in [0.29, 0.717) is 53.5 Å². The van der Waals surface area contributed by atoms with Gasteiger partial charge in [-0.2, -0.15) is 0 Å². The average Bonchev–Trinajstić information content (AvgIpc) is 3.12. The highest BCUT2D eigenvalue weighted by atomic mass is 35.5. The highest BCUT2D eigenvalue weighted by Crippen LogP contribution is 2.48. The maximum Gasteiger partial charge on any atom is 0.232 e. The Hall–Kier alpha value is -3.07. The molecule has 2 bridgehead atoms. The maximum absolute atomic E-state index is 13.9. The third-order valence-corrected chi connectivity index (χ3v) is 12.5. The number of methoxy groups -OCH3 is 1. The number of hydrogen-bond donors (Lipinski definition) is 1. The van der Waals surface area contributed by atoms with Gasteiger partial charge in [-0.1, -0.05) is 35.9 Å². The molecule has 0 aromatic heterocycles. The molecule has 3 aromatic rings. The molecule has 0 radical (unpaired) electrons. The largest absolute Gasteiger partial charge is 0.493 e. The molecule has 1 amide bonds. The molecule has 3 aromatic carbocycles. The first-order valence-electron chi connectivity index (χ1n) is 14.9. The fourth-order valence-corrected chi connectivity index (χ4v) is 9.79. The fraction of sp³-hybridized carbons (Fsp3) is 0.441. The Morgan fingerprint density at radius 1 is 0.977 bits per heavy atom. The molecule has 2 fully saturated rings. The van der Waals surface area contributed by atoms with Gasteiger partial charge in [0.2, 0.25) is 5.91 Å². The standard InChI is InChI=1S/C34H38ClNO6S/c1-20(2)42-31-19-29-22(15-30(31)41-4)16-32(37)36(33(29)21-5-9-25(35)10-6-21)26-11-7-23(8-12-26)34(3,38)24-17-27-13-14-28(18-24)43(27,39)40/h5-12,15,19-20,24,27-28,33,38H,13-14,16-18H2,1-4H3/t24?,27?,28?,33-,34+/m0/s1. The molecule has 0 saturated carbocycles. The number of ether oxygens (including phenoxy) is 2. The van der Waals surface area contributed by atoms with Crippen LogP contribution in [0.2, 0.25) is 5.02 Å². The molecule has 3 aliphatic rings. The van der Waals surface area contributed by atoms with E-state index in [-0.39, 0.29) is 34.8 Å². The third-order valence-electron chi connectivity index (χ3n) is 9.50. The molecule has 3 aliphatic heterocycles. The number of rotatable bonds is 7. The van der Waals surface area contributed by atoms with Gasteiger partial charge < -0.3 is 19.5 Å². The van der Waals surface area contributed by atoms with Crippen LogP contribution in [0.15, 0.2) is 60.7 Å². The highest BCUT2D eigenvalue weighted by Gasteiger charge is 2.51. The Bertz CT molecular complexity index is 1610. The van der Waals surface area contributed by atoms with Crippen LogP contribution >= 0.6 is 11.6 Å². The van der Waals surface area contributed by atoms with Crippen LogP contribution in [-0.4, -0.2) is 43.1 Å². The van der Waals surface area contributed by atoms with Gasteiger partial charge in [-0.3, -0.25) is 4.79 Å². The number of amides is 1. The van der Waals surface area contributed by atoms with Crippen molar-refractivity contribution in [2.45, 2.75) is 81.1 Å². The van der Waals surface area contributed by atoms with Gasteiger partial charge in [0.05, 0.1) is 41.8 Å². The summed E-state index contributed by atoms with van der Waals surface area (Å²) < 4.78 is 37.0. The minimum absolute atomic E-state index is 0.0675. The number of hydrogen-bond acceptors (Lipinski definition) is 6. The average molecular weight is 624 g/mol. The third kappa shape index (κ3) is 5.32. The van der Waals surface area contributed by atoms with Crippen molar-refractivity contribution < 1.29 is 27.8 Å². The molecular weight excluding hydrogens is 586 g/mol. The highest BCUT2D eigenvalue weighted by molar-refractivity contribution is 7.93. The summed E-state index contributed by atoms with van der Waals surface area (Å²) in [5.41, 5.74) is 2.93. The van der Waals surface area contributed by atoms with E-state index in [1.54, 1.807) is 18.9 Å². The monoisotopic (exact) mass is 623 g/mol. The molecule has 228 valence electrons. The second-order valence-electron chi connectivity index (χ2n) is 12.5. The van der Waals surface area contributed by atoms with Crippen molar-refractivity contribution in [3.63, 3.8) is 0 Å². The Morgan fingerprint density at radius 2 is 1.60 bits per heavy atom. The number of carbonyl (C=O) groups is 1. The molecule has 3 heterocycles. The topological polar surface area (TPSA) is 93.1 Å². The first-order chi connectivity index (χ1) is 20.4. The van der Waals surface area contributed by atoms with E-state index < -0.39 is 21.5 Å². The maximum atomic E-state index is 13.9. The van der Waals surface area contributed by atoms with E-state index in [2.05, 4.69) is 0 Å². The summed E-state index contributed by atoms with van der Waals surface area (Å²) in [5.74, 6) is 0.970. The molecule has 7 nitrogen and oxygen atoms in total. The van der Waals surface area contributed by atoms with Crippen LogP contribution in [0.3, 0.4) is 0 Å². The number of carbonyl (C=O) groups excluding carboxylic acids is 1. The van der Waals surface area contributed by atoms with Crippen LogP contribution in [0.5, 0.6) is 11.5 Å². The Labute approximate surface area is 258 Å². The molecule has 2 saturated heterocycles. The first kappa shape index (κ1) is 30.0. The fourth-order valence-electron chi connectivity index (χ4n) is 7.19. The lowest BCUT2D eigenvalue weighted by Gasteiger charge is -2.40. The van der Waals surface area contributed by atoms with Gasteiger partial charge in [0.15, 0.2) is 21.3 Å². The van der Waals surface area contributed by atoms with E-state index in [9.17, 15) is 18.3 Å². The zero-order valence-electron chi connectivity index (χ0n) is 24.9. The minimum Gasteiger partial charge on any atom is -0.493 e. The van der Waals surface area contributed by atoms with Crippen molar-refractivity contribution in [1.29, 1.82) is 0 Å². The summed E-state index contributed by atoms with van der Waals surface area (Å²) in [6, 6.07) is 18.4. The van der Waals surface area contributed by atoms with Crippen molar-refractivity contribution in [3.05, 3.63) is 87.9 Å². The molecule has 9 heteroatoms. The van der Waals surface area contributed by atoms with Crippen LogP contribution in [-0.2, 0) is 26.7 Å². The SMILES string of the molecule is COc1cc2c(cc1OC(C)C)[C@H](c1ccc(Cl)cc1)N(c1ccc([C@@](C)(O)C3CC4CCC(C3)S4(=O)=O)cc1)C(=O)C2. The number of sulfone groups is 1.